The largest absolute Gasteiger partial charge is 0.478 e. The smallest absolute Gasteiger partial charge is 0.263 e. The highest BCUT2D eigenvalue weighted by Gasteiger charge is 2.47. The highest BCUT2D eigenvalue weighted by Crippen LogP contribution is 2.28. The third-order valence-corrected chi connectivity index (χ3v) is 8.21. The van der Waals surface area contributed by atoms with Gasteiger partial charge in [-0.05, 0) is 44.5 Å². The van der Waals surface area contributed by atoms with Crippen molar-refractivity contribution in [2.45, 2.75) is 50.3 Å². The molecule has 1 aromatic carbocycles. The summed E-state index contributed by atoms with van der Waals surface area (Å²) in [4.78, 5) is 12.2. The van der Waals surface area contributed by atoms with E-state index in [2.05, 4.69) is 11.8 Å². The number of hydroxylamine groups is 1. The summed E-state index contributed by atoms with van der Waals surface area (Å²) in [6, 6.07) is 3.20. The van der Waals surface area contributed by atoms with Gasteiger partial charge < -0.3 is 4.74 Å². The van der Waals surface area contributed by atoms with Crippen molar-refractivity contribution in [2.75, 3.05) is 19.3 Å². The van der Waals surface area contributed by atoms with Gasteiger partial charge in [-0.3, -0.25) is 10.0 Å². The minimum Gasteiger partial charge on any atom is -0.478 e. The molecule has 31 heavy (non-hydrogen) atoms. The lowest BCUT2D eigenvalue weighted by Gasteiger charge is -2.42. The fourth-order valence-electron chi connectivity index (χ4n) is 3.46. The number of carbonyl (C=O) groups is 1. The average molecular weight is 474 g/mol. The van der Waals surface area contributed by atoms with Crippen LogP contribution >= 0.6 is 0 Å². The summed E-state index contributed by atoms with van der Waals surface area (Å²) in [5.41, 5.74) is 1.44. The van der Waals surface area contributed by atoms with Crippen LogP contribution in [0.5, 0.6) is 5.75 Å². The lowest BCUT2D eigenvalue weighted by Crippen LogP contribution is -2.65. The average Bonchev–Trinajstić information content (AvgIpc) is 2.72. The van der Waals surface area contributed by atoms with Gasteiger partial charge in [0.15, 0.2) is 6.10 Å². The van der Waals surface area contributed by atoms with Crippen LogP contribution in [-0.2, 0) is 24.8 Å². The molecule has 172 valence electrons. The Morgan fingerprint density at radius 2 is 1.81 bits per heavy atom. The molecule has 1 heterocycles. The maximum atomic E-state index is 13.2. The number of amides is 1. The fraction of sp³-hybridized carbons (Fsp3) is 0.526. The molecule has 2 rings (SSSR count). The van der Waals surface area contributed by atoms with Gasteiger partial charge in [0.1, 0.15) is 11.8 Å². The van der Waals surface area contributed by atoms with Crippen LogP contribution in [0.2, 0.25) is 0 Å². The third kappa shape index (κ3) is 5.55. The molecular formula is C19H27N3O7S2. The zero-order valence-corrected chi connectivity index (χ0v) is 19.4. The summed E-state index contributed by atoms with van der Waals surface area (Å²) in [5, 5.41) is 9.12. The first kappa shape index (κ1) is 25.1. The summed E-state index contributed by atoms with van der Waals surface area (Å²) in [6.07, 6.45) is 1.31. The second-order valence-corrected chi connectivity index (χ2v) is 10.9. The van der Waals surface area contributed by atoms with Crippen LogP contribution in [0.25, 0.3) is 0 Å². The second-order valence-electron chi connectivity index (χ2n) is 7.03. The summed E-state index contributed by atoms with van der Waals surface area (Å²) < 4.78 is 58.2. The monoisotopic (exact) mass is 473 g/mol. The Morgan fingerprint density at radius 3 is 2.29 bits per heavy atom. The molecule has 0 aliphatic carbocycles. The second kappa shape index (κ2) is 9.97. The number of benzene rings is 1. The van der Waals surface area contributed by atoms with Crippen molar-refractivity contribution in [3.8, 4) is 17.6 Å². The molecular weight excluding hydrogens is 446 g/mol. The molecule has 1 saturated heterocycles. The van der Waals surface area contributed by atoms with Crippen LogP contribution in [0.4, 0.5) is 0 Å². The topological polar surface area (TPSA) is 133 Å². The van der Waals surface area contributed by atoms with Crippen molar-refractivity contribution in [3.05, 3.63) is 24.3 Å². The van der Waals surface area contributed by atoms with Crippen LogP contribution in [0, 0.1) is 11.8 Å². The molecule has 1 aliphatic heterocycles. The summed E-state index contributed by atoms with van der Waals surface area (Å²) >= 11 is 0. The quantitative estimate of drug-likeness (QED) is 0.333. The summed E-state index contributed by atoms with van der Waals surface area (Å²) in [5.74, 6) is 5.10. The van der Waals surface area contributed by atoms with Gasteiger partial charge >= 0.3 is 0 Å². The van der Waals surface area contributed by atoms with E-state index >= 15 is 0 Å². The third-order valence-electron chi connectivity index (χ3n) is 4.95. The van der Waals surface area contributed by atoms with E-state index in [0.717, 1.165) is 14.9 Å². The van der Waals surface area contributed by atoms with E-state index in [1.54, 1.807) is 6.92 Å². The van der Waals surface area contributed by atoms with Crippen molar-refractivity contribution in [2.24, 2.45) is 0 Å². The van der Waals surface area contributed by atoms with Gasteiger partial charge in [0.2, 0.25) is 20.0 Å². The number of nitrogens with zero attached hydrogens (tertiary/aromatic N) is 2. The van der Waals surface area contributed by atoms with Gasteiger partial charge in [-0.2, -0.15) is 8.61 Å². The van der Waals surface area contributed by atoms with Gasteiger partial charge in [0.25, 0.3) is 5.91 Å². The standard InChI is InChI=1S/C19H27N3O7S2/c1-5-7-15(6-2)29-16-8-10-17(11-9-16)31(27,28)22-13-12-21(30(4,25)26)14(3)18(22)19(23)20-24/h8-11,14-15,18,24H,6,12-13H2,1-4H3,(H,20,23). The van der Waals surface area contributed by atoms with E-state index in [9.17, 15) is 21.6 Å². The molecule has 2 N–H and O–H groups in total. The zero-order valence-electron chi connectivity index (χ0n) is 17.8. The highest BCUT2D eigenvalue weighted by atomic mass is 32.2. The first-order valence-electron chi connectivity index (χ1n) is 9.59. The van der Waals surface area contributed by atoms with Gasteiger partial charge in [-0.25, -0.2) is 22.3 Å². The lowest BCUT2D eigenvalue weighted by atomic mass is 10.1. The maximum absolute atomic E-state index is 13.2. The molecule has 1 fully saturated rings. The first-order valence-corrected chi connectivity index (χ1v) is 12.9. The molecule has 1 aromatic rings. The number of nitrogens with one attached hydrogen (secondary N) is 1. The van der Waals surface area contributed by atoms with Crippen molar-refractivity contribution in [3.63, 3.8) is 0 Å². The summed E-state index contributed by atoms with van der Waals surface area (Å²) in [7, 11) is -7.86. The Morgan fingerprint density at radius 1 is 1.23 bits per heavy atom. The maximum Gasteiger partial charge on any atom is 0.263 e. The number of sulfonamides is 2. The van der Waals surface area contributed by atoms with Gasteiger partial charge in [-0.1, -0.05) is 12.8 Å². The molecule has 10 nitrogen and oxygen atoms in total. The molecule has 0 saturated carbocycles. The van der Waals surface area contributed by atoms with E-state index in [-0.39, 0.29) is 24.1 Å². The Hall–Kier alpha value is -2.17. The molecule has 0 spiro atoms. The van der Waals surface area contributed by atoms with E-state index in [1.165, 1.54) is 36.7 Å². The first-order chi connectivity index (χ1) is 14.5. The fourth-order valence-corrected chi connectivity index (χ4v) is 6.23. The normalized spacial score (nSPS) is 21.6. The number of hydrogen-bond donors (Lipinski definition) is 2. The van der Waals surface area contributed by atoms with Gasteiger partial charge in [0, 0.05) is 19.1 Å². The van der Waals surface area contributed by atoms with Crippen LogP contribution in [-0.4, -0.2) is 74.1 Å². The molecule has 0 bridgehead atoms. The SMILES string of the molecule is CC#CC(CC)Oc1ccc(S(=O)(=O)N2CCN(S(C)(=O)=O)C(C)C2C(=O)NO)cc1. The van der Waals surface area contributed by atoms with Crippen molar-refractivity contribution in [1.29, 1.82) is 0 Å². The molecule has 3 unspecified atom stereocenters. The molecule has 0 radical (unpaired) electrons. The van der Waals surface area contributed by atoms with E-state index in [4.69, 9.17) is 9.94 Å². The Bertz CT molecular complexity index is 1060. The van der Waals surface area contributed by atoms with E-state index < -0.39 is 38.0 Å². The number of hydrogen-bond acceptors (Lipinski definition) is 7. The van der Waals surface area contributed by atoms with Crippen LogP contribution in [0.3, 0.4) is 0 Å². The molecule has 0 aromatic heterocycles. The predicted molar refractivity (Wildman–Crippen MR) is 113 cm³/mol. The lowest BCUT2D eigenvalue weighted by molar-refractivity contribution is -0.135. The van der Waals surface area contributed by atoms with Crippen molar-refractivity contribution < 1.29 is 31.6 Å². The Kier molecular flexibility index (Phi) is 8.07. The summed E-state index contributed by atoms with van der Waals surface area (Å²) in [6.45, 7) is 4.66. The molecule has 1 amide bonds. The number of rotatable bonds is 7. The molecule has 12 heteroatoms. The minimum atomic E-state index is -4.17. The van der Waals surface area contributed by atoms with Gasteiger partial charge in [-0.15, -0.1) is 5.92 Å². The Labute approximate surface area is 183 Å². The van der Waals surface area contributed by atoms with E-state index in [0.29, 0.717) is 12.2 Å². The number of piperazine rings is 1. The Balaban J connectivity index is 2.36. The van der Waals surface area contributed by atoms with E-state index in [1.807, 2.05) is 6.92 Å². The molecule has 1 aliphatic rings. The number of ether oxygens (including phenoxy) is 1. The van der Waals surface area contributed by atoms with Crippen molar-refractivity contribution in [1.82, 2.24) is 14.1 Å². The van der Waals surface area contributed by atoms with Crippen molar-refractivity contribution >= 4 is 26.0 Å². The predicted octanol–water partition coefficient (Wildman–Crippen LogP) is 0.396. The zero-order chi connectivity index (χ0) is 23.4. The minimum absolute atomic E-state index is 0.0924. The van der Waals surface area contributed by atoms with Crippen LogP contribution < -0.4 is 10.2 Å². The van der Waals surface area contributed by atoms with Crippen LogP contribution in [0.15, 0.2) is 29.2 Å². The highest BCUT2D eigenvalue weighted by molar-refractivity contribution is 7.89. The van der Waals surface area contributed by atoms with Crippen LogP contribution in [0.1, 0.15) is 27.2 Å². The number of carbonyl (C=O) groups excluding carboxylic acids is 1. The van der Waals surface area contributed by atoms with Gasteiger partial charge in [0.05, 0.1) is 11.2 Å². The molecule has 3 atom stereocenters.